The molecule has 1 saturated carbocycles. The normalized spacial score (nSPS) is 38.0. The molecule has 3 fully saturated rings. The number of nitrogens with two attached hydrogens (primary N) is 1. The minimum atomic E-state index is -0.296. The molecule has 2 aliphatic heterocycles. The Morgan fingerprint density at radius 3 is 2.56 bits per heavy atom. The molecule has 98 valence electrons. The van der Waals surface area contributed by atoms with Crippen molar-refractivity contribution in [2.45, 2.75) is 62.1 Å². The molecule has 2 unspecified atom stereocenters. The van der Waals surface area contributed by atoms with E-state index in [9.17, 15) is 0 Å². The number of hydrogen-bond acceptors (Lipinski definition) is 5. The van der Waals surface area contributed by atoms with Gasteiger partial charge >= 0.3 is 0 Å². The number of rotatable bonds is 2. The van der Waals surface area contributed by atoms with Crippen molar-refractivity contribution in [3.05, 3.63) is 11.7 Å². The van der Waals surface area contributed by atoms with Crippen LogP contribution in [0, 0.1) is 0 Å². The first-order chi connectivity index (χ1) is 8.66. The van der Waals surface area contributed by atoms with Gasteiger partial charge in [-0.3, -0.25) is 0 Å². The summed E-state index contributed by atoms with van der Waals surface area (Å²) in [6.07, 6.45) is 6.94. The summed E-state index contributed by atoms with van der Waals surface area (Å²) in [4.78, 5) is 7.10. The Bertz CT molecular complexity index is 453. The molecule has 0 aromatic carbocycles. The number of piperidine rings is 1. The maximum Gasteiger partial charge on any atom is 0.246 e. The van der Waals surface area contributed by atoms with Gasteiger partial charge in [0.15, 0.2) is 5.82 Å². The first-order valence-corrected chi connectivity index (χ1v) is 7.01. The molecule has 5 nitrogen and oxygen atoms in total. The van der Waals surface area contributed by atoms with Gasteiger partial charge in [0.1, 0.15) is 0 Å². The Morgan fingerprint density at radius 1 is 1.28 bits per heavy atom. The van der Waals surface area contributed by atoms with Gasteiger partial charge in [-0.05, 0) is 45.6 Å². The Morgan fingerprint density at radius 2 is 1.94 bits per heavy atom. The van der Waals surface area contributed by atoms with Crippen molar-refractivity contribution < 1.29 is 4.52 Å². The average molecular weight is 248 g/mol. The summed E-state index contributed by atoms with van der Waals surface area (Å²) in [7, 11) is 2.25. The van der Waals surface area contributed by atoms with Crippen molar-refractivity contribution >= 4 is 0 Å². The predicted molar refractivity (Wildman–Crippen MR) is 65.9 cm³/mol. The van der Waals surface area contributed by atoms with Gasteiger partial charge < -0.3 is 15.2 Å². The van der Waals surface area contributed by atoms with Gasteiger partial charge in [0.2, 0.25) is 5.89 Å². The molecule has 5 heteroatoms. The second-order valence-electron chi connectivity index (χ2n) is 6.33. The lowest BCUT2D eigenvalue weighted by Gasteiger charge is -2.34. The van der Waals surface area contributed by atoms with E-state index in [4.69, 9.17) is 10.3 Å². The van der Waals surface area contributed by atoms with E-state index in [2.05, 4.69) is 22.1 Å². The van der Waals surface area contributed by atoms with E-state index in [0.29, 0.717) is 23.9 Å². The molecule has 0 radical (unpaired) electrons. The number of aromatic nitrogens is 2. The number of hydrogen-bond donors (Lipinski definition) is 1. The molecule has 3 aliphatic rings. The third-order valence-corrected chi connectivity index (χ3v) is 5.12. The molecule has 2 bridgehead atoms. The van der Waals surface area contributed by atoms with Crippen LogP contribution in [-0.2, 0) is 5.54 Å². The zero-order valence-electron chi connectivity index (χ0n) is 10.8. The Labute approximate surface area is 107 Å². The van der Waals surface area contributed by atoms with Crippen LogP contribution >= 0.6 is 0 Å². The van der Waals surface area contributed by atoms with Crippen LogP contribution in [0.25, 0.3) is 0 Å². The monoisotopic (exact) mass is 248 g/mol. The highest BCUT2D eigenvalue weighted by molar-refractivity contribution is 5.14. The fourth-order valence-electron chi connectivity index (χ4n) is 3.57. The Kier molecular flexibility index (Phi) is 2.15. The SMILES string of the molecule is CN1C2CCC1CC(c1noc(C3(N)CC3)n1)C2. The number of fused-ring (bicyclic) bond motifs is 2. The quantitative estimate of drug-likeness (QED) is 0.855. The summed E-state index contributed by atoms with van der Waals surface area (Å²) in [6.45, 7) is 0. The molecule has 4 rings (SSSR count). The molecule has 3 heterocycles. The van der Waals surface area contributed by atoms with Gasteiger partial charge in [0.25, 0.3) is 0 Å². The lowest BCUT2D eigenvalue weighted by Crippen LogP contribution is -2.39. The van der Waals surface area contributed by atoms with Crippen molar-refractivity contribution in [3.63, 3.8) is 0 Å². The van der Waals surface area contributed by atoms with Crippen molar-refractivity contribution in [2.24, 2.45) is 5.73 Å². The van der Waals surface area contributed by atoms with E-state index < -0.39 is 0 Å². The summed E-state index contributed by atoms with van der Waals surface area (Å²) in [5.41, 5.74) is 5.80. The summed E-state index contributed by atoms with van der Waals surface area (Å²) in [5, 5.41) is 4.18. The minimum Gasteiger partial charge on any atom is -0.337 e. The van der Waals surface area contributed by atoms with Gasteiger partial charge in [-0.25, -0.2) is 0 Å². The molecule has 1 aliphatic carbocycles. The highest BCUT2D eigenvalue weighted by atomic mass is 16.5. The van der Waals surface area contributed by atoms with Crippen LogP contribution in [0.3, 0.4) is 0 Å². The second kappa shape index (κ2) is 3.54. The average Bonchev–Trinajstić information content (AvgIpc) is 2.84. The highest BCUT2D eigenvalue weighted by Crippen LogP contribution is 2.44. The highest BCUT2D eigenvalue weighted by Gasteiger charge is 2.47. The van der Waals surface area contributed by atoms with Gasteiger partial charge in [0.05, 0.1) is 5.54 Å². The maximum atomic E-state index is 6.10. The smallest absolute Gasteiger partial charge is 0.246 e. The van der Waals surface area contributed by atoms with E-state index in [-0.39, 0.29) is 5.54 Å². The van der Waals surface area contributed by atoms with Crippen LogP contribution in [0.15, 0.2) is 4.52 Å². The molecular formula is C13H20N4O. The number of nitrogens with zero attached hydrogens (tertiary/aromatic N) is 3. The van der Waals surface area contributed by atoms with Crippen LogP contribution in [0.2, 0.25) is 0 Å². The van der Waals surface area contributed by atoms with Gasteiger partial charge in [-0.1, -0.05) is 5.16 Å². The second-order valence-corrected chi connectivity index (χ2v) is 6.33. The van der Waals surface area contributed by atoms with Crippen LogP contribution in [0.5, 0.6) is 0 Å². The molecule has 2 saturated heterocycles. The van der Waals surface area contributed by atoms with Gasteiger partial charge in [0, 0.05) is 18.0 Å². The Balaban J connectivity index is 1.55. The molecule has 18 heavy (non-hydrogen) atoms. The first kappa shape index (κ1) is 10.9. The third kappa shape index (κ3) is 1.53. The van der Waals surface area contributed by atoms with Crippen molar-refractivity contribution in [3.8, 4) is 0 Å². The van der Waals surface area contributed by atoms with Crippen molar-refractivity contribution in [2.75, 3.05) is 7.05 Å². The van der Waals surface area contributed by atoms with Crippen LogP contribution in [-0.4, -0.2) is 34.2 Å². The van der Waals surface area contributed by atoms with Crippen molar-refractivity contribution in [1.82, 2.24) is 15.0 Å². The minimum absolute atomic E-state index is 0.296. The van der Waals surface area contributed by atoms with E-state index in [1.165, 1.54) is 25.7 Å². The van der Waals surface area contributed by atoms with E-state index in [1.807, 2.05) is 0 Å². The summed E-state index contributed by atoms with van der Waals surface area (Å²) >= 11 is 0. The first-order valence-electron chi connectivity index (χ1n) is 7.01. The molecule has 1 aromatic heterocycles. The van der Waals surface area contributed by atoms with Gasteiger partial charge in [-0.15, -0.1) is 0 Å². The van der Waals surface area contributed by atoms with E-state index >= 15 is 0 Å². The topological polar surface area (TPSA) is 68.2 Å². The zero-order chi connectivity index (χ0) is 12.3. The lowest BCUT2D eigenvalue weighted by molar-refractivity contribution is 0.157. The predicted octanol–water partition coefficient (Wildman–Crippen LogP) is 1.36. The summed E-state index contributed by atoms with van der Waals surface area (Å²) in [6, 6.07) is 1.42. The van der Waals surface area contributed by atoms with E-state index in [0.717, 1.165) is 18.7 Å². The lowest BCUT2D eigenvalue weighted by atomic mass is 9.90. The standard InChI is InChI=1S/C13H20N4O/c1-17-9-2-3-10(17)7-8(6-9)11-15-12(18-16-11)13(14)4-5-13/h8-10H,2-7,14H2,1H3. The fraction of sp³-hybridized carbons (Fsp3) is 0.846. The van der Waals surface area contributed by atoms with Crippen LogP contribution < -0.4 is 5.73 Å². The van der Waals surface area contributed by atoms with Crippen molar-refractivity contribution in [1.29, 1.82) is 0 Å². The fourth-order valence-corrected chi connectivity index (χ4v) is 3.57. The molecular weight excluding hydrogens is 228 g/mol. The molecule has 2 atom stereocenters. The zero-order valence-corrected chi connectivity index (χ0v) is 10.8. The summed E-state index contributed by atoms with van der Waals surface area (Å²) < 4.78 is 5.36. The molecule has 1 aromatic rings. The Hall–Kier alpha value is -0.940. The molecule has 0 amide bonds. The summed E-state index contributed by atoms with van der Waals surface area (Å²) in [5.74, 6) is 2.02. The third-order valence-electron chi connectivity index (χ3n) is 5.12. The molecule has 2 N–H and O–H groups in total. The maximum absolute atomic E-state index is 6.10. The van der Waals surface area contributed by atoms with Gasteiger partial charge in [-0.2, -0.15) is 4.98 Å². The molecule has 0 spiro atoms. The van der Waals surface area contributed by atoms with E-state index in [1.54, 1.807) is 0 Å². The largest absolute Gasteiger partial charge is 0.337 e. The van der Waals surface area contributed by atoms with Crippen LogP contribution in [0.1, 0.15) is 56.2 Å². The van der Waals surface area contributed by atoms with Crippen LogP contribution in [0.4, 0.5) is 0 Å².